The van der Waals surface area contributed by atoms with Crippen molar-refractivity contribution in [1.82, 2.24) is 0 Å². The molecule has 0 N–H and O–H groups in total. The Hall–Kier alpha value is -6.29. The standard InChI is InChI=1S/C49H35NOS/c1-4-19-37(20-5-1)50-45-29-12-10-26-41(45)44-34-36(18-15-30-46(44)50)35-17-14-25-40(33-35)52(38-21-6-2-7-22-38,39-23-8-3-9-24-39)48-32-16-28-43-42-27-11-13-31-47(42)51-49(43)48/h1-34,46H. The second-order valence-electron chi connectivity index (χ2n) is 13.3. The summed E-state index contributed by atoms with van der Waals surface area (Å²) in [6.45, 7) is 0. The second kappa shape index (κ2) is 12.5. The Morgan fingerprint density at radius 3 is 1.96 bits per heavy atom. The predicted octanol–water partition coefficient (Wildman–Crippen LogP) is 13.5. The molecule has 8 aromatic rings. The van der Waals surface area contributed by atoms with E-state index in [0.717, 1.165) is 21.9 Å². The normalized spacial score (nSPS) is 15.5. The largest absolute Gasteiger partial charge is 0.455 e. The molecule has 0 spiro atoms. The molecule has 2 heterocycles. The lowest BCUT2D eigenvalue weighted by molar-refractivity contribution is 0.659. The molecule has 0 saturated heterocycles. The van der Waals surface area contributed by atoms with Crippen molar-refractivity contribution in [2.24, 2.45) is 0 Å². The smallest absolute Gasteiger partial charge is 0.148 e. The molecular formula is C49H35NOS. The van der Waals surface area contributed by atoms with Gasteiger partial charge < -0.3 is 9.32 Å². The molecule has 0 amide bonds. The van der Waals surface area contributed by atoms with Gasteiger partial charge in [0.05, 0.1) is 6.04 Å². The monoisotopic (exact) mass is 685 g/mol. The maximum Gasteiger partial charge on any atom is 0.148 e. The lowest BCUT2D eigenvalue weighted by atomic mass is 9.98. The van der Waals surface area contributed by atoms with E-state index in [1.165, 1.54) is 53.2 Å². The molecule has 52 heavy (non-hydrogen) atoms. The summed E-state index contributed by atoms with van der Waals surface area (Å²) in [6, 6.07) is 66.1. The molecule has 2 nitrogen and oxygen atoms in total. The molecule has 248 valence electrons. The van der Waals surface area contributed by atoms with Crippen LogP contribution in [0.4, 0.5) is 11.4 Å². The number of fused-ring (bicyclic) bond motifs is 6. The highest BCUT2D eigenvalue weighted by atomic mass is 32.3. The molecule has 1 aliphatic heterocycles. The lowest BCUT2D eigenvalue weighted by Crippen LogP contribution is -2.24. The number of hydrogen-bond donors (Lipinski definition) is 0. The Morgan fingerprint density at radius 1 is 0.538 bits per heavy atom. The number of benzene rings is 7. The molecule has 1 aliphatic carbocycles. The molecule has 0 saturated carbocycles. The van der Waals surface area contributed by atoms with Gasteiger partial charge in [-0.3, -0.25) is 0 Å². The highest BCUT2D eigenvalue weighted by molar-refractivity contribution is 8.34. The molecule has 0 fully saturated rings. The summed E-state index contributed by atoms with van der Waals surface area (Å²) in [6.07, 6.45) is 9.26. The van der Waals surface area contributed by atoms with Crippen molar-refractivity contribution in [1.29, 1.82) is 0 Å². The number of hydrogen-bond acceptors (Lipinski definition) is 2. The highest BCUT2D eigenvalue weighted by Crippen LogP contribution is 2.74. The van der Waals surface area contributed by atoms with Crippen molar-refractivity contribution in [3.63, 3.8) is 0 Å². The van der Waals surface area contributed by atoms with Gasteiger partial charge in [0, 0.05) is 47.3 Å². The Balaban J connectivity index is 1.20. The number of rotatable bonds is 6. The van der Waals surface area contributed by atoms with Crippen LogP contribution in [0, 0.1) is 0 Å². The number of furan rings is 1. The number of anilines is 2. The summed E-state index contributed by atoms with van der Waals surface area (Å²) < 4.78 is 6.83. The van der Waals surface area contributed by atoms with E-state index in [0.29, 0.717) is 0 Å². The zero-order chi connectivity index (χ0) is 34.5. The Kier molecular flexibility index (Phi) is 7.33. The van der Waals surface area contributed by atoms with E-state index < -0.39 is 10.0 Å². The fourth-order valence-electron chi connectivity index (χ4n) is 8.14. The summed E-state index contributed by atoms with van der Waals surface area (Å²) in [7, 11) is -2.03. The average Bonchev–Trinajstić information content (AvgIpc) is 3.66. The molecule has 1 atom stereocenters. The van der Waals surface area contributed by atoms with Gasteiger partial charge in [-0.2, -0.15) is 0 Å². The Morgan fingerprint density at radius 2 is 1.17 bits per heavy atom. The van der Waals surface area contributed by atoms with E-state index in [2.05, 4.69) is 211 Å². The molecule has 0 radical (unpaired) electrons. The van der Waals surface area contributed by atoms with Crippen molar-refractivity contribution in [2.75, 3.05) is 4.90 Å². The Labute approximate surface area is 305 Å². The van der Waals surface area contributed by atoms with Crippen molar-refractivity contribution in [2.45, 2.75) is 25.6 Å². The summed E-state index contributed by atoms with van der Waals surface area (Å²) in [5, 5.41) is 2.28. The van der Waals surface area contributed by atoms with Crippen LogP contribution in [0.2, 0.25) is 0 Å². The lowest BCUT2D eigenvalue weighted by Gasteiger charge is -2.42. The van der Waals surface area contributed by atoms with Crippen LogP contribution in [0.1, 0.15) is 11.1 Å². The molecular weight excluding hydrogens is 651 g/mol. The number of nitrogens with zero attached hydrogens (tertiary/aromatic N) is 1. The van der Waals surface area contributed by atoms with Gasteiger partial charge >= 0.3 is 0 Å². The van der Waals surface area contributed by atoms with Crippen LogP contribution >= 0.6 is 10.0 Å². The van der Waals surface area contributed by atoms with Crippen molar-refractivity contribution < 1.29 is 4.42 Å². The van der Waals surface area contributed by atoms with Gasteiger partial charge in [-0.05, 0) is 89.5 Å². The Bertz CT molecular complexity index is 2650. The first-order chi connectivity index (χ1) is 25.8. The zero-order valence-electron chi connectivity index (χ0n) is 28.5. The molecule has 3 heteroatoms. The molecule has 10 rings (SSSR count). The van der Waals surface area contributed by atoms with E-state index in [1.807, 2.05) is 0 Å². The molecule has 1 aromatic heterocycles. The maximum atomic E-state index is 6.83. The number of allylic oxidation sites excluding steroid dienone is 4. The van der Waals surface area contributed by atoms with Gasteiger partial charge in [0.1, 0.15) is 11.2 Å². The topological polar surface area (TPSA) is 16.4 Å². The third kappa shape index (κ3) is 4.74. The van der Waals surface area contributed by atoms with Gasteiger partial charge in [0.2, 0.25) is 0 Å². The summed E-state index contributed by atoms with van der Waals surface area (Å²) in [5.74, 6) is 0. The number of para-hydroxylation sites is 4. The van der Waals surface area contributed by atoms with E-state index in [1.54, 1.807) is 0 Å². The van der Waals surface area contributed by atoms with Crippen LogP contribution in [0.5, 0.6) is 0 Å². The third-order valence-electron chi connectivity index (χ3n) is 10.4. The van der Waals surface area contributed by atoms with Gasteiger partial charge in [-0.25, -0.2) is 0 Å². The van der Waals surface area contributed by atoms with Gasteiger partial charge in [0.25, 0.3) is 0 Å². The first-order valence-corrected chi connectivity index (χ1v) is 19.4. The van der Waals surface area contributed by atoms with Gasteiger partial charge in [0.15, 0.2) is 0 Å². The SMILES string of the molecule is C1=CC2C(=CC(c3cccc(S(c4ccccc4)(c4ccccc4)c4cccc5c4oc4ccccc45)c3)=C1)c1ccccc1N2c1ccccc1. The molecule has 7 aromatic carbocycles. The fourth-order valence-corrected chi connectivity index (χ4v) is 12.2. The zero-order valence-corrected chi connectivity index (χ0v) is 29.3. The van der Waals surface area contributed by atoms with Crippen LogP contribution in [0.15, 0.2) is 230 Å². The van der Waals surface area contributed by atoms with Gasteiger partial charge in [-0.1, -0.05) is 133 Å². The van der Waals surface area contributed by atoms with E-state index in [9.17, 15) is 0 Å². The minimum Gasteiger partial charge on any atom is -0.455 e. The highest BCUT2D eigenvalue weighted by Gasteiger charge is 2.37. The minimum atomic E-state index is -2.03. The van der Waals surface area contributed by atoms with Crippen molar-refractivity contribution in [3.05, 3.63) is 217 Å². The first kappa shape index (κ1) is 30.5. The average molecular weight is 686 g/mol. The molecule has 1 unspecified atom stereocenters. The van der Waals surface area contributed by atoms with Crippen LogP contribution < -0.4 is 4.90 Å². The molecule has 2 aliphatic rings. The van der Waals surface area contributed by atoms with E-state index >= 15 is 0 Å². The maximum absolute atomic E-state index is 6.83. The summed E-state index contributed by atoms with van der Waals surface area (Å²) in [4.78, 5) is 7.45. The van der Waals surface area contributed by atoms with Crippen LogP contribution in [-0.4, -0.2) is 6.04 Å². The predicted molar refractivity (Wildman–Crippen MR) is 218 cm³/mol. The quantitative estimate of drug-likeness (QED) is 0.173. The second-order valence-corrected chi connectivity index (χ2v) is 16.4. The van der Waals surface area contributed by atoms with Crippen LogP contribution in [-0.2, 0) is 0 Å². The minimum absolute atomic E-state index is 0.0979. The summed E-state index contributed by atoms with van der Waals surface area (Å²) >= 11 is 0. The molecule has 0 bridgehead atoms. The van der Waals surface area contributed by atoms with E-state index in [4.69, 9.17) is 4.42 Å². The van der Waals surface area contributed by atoms with Crippen molar-refractivity contribution in [3.8, 4) is 0 Å². The third-order valence-corrected chi connectivity index (χ3v) is 14.3. The van der Waals surface area contributed by atoms with Crippen molar-refractivity contribution >= 4 is 54.5 Å². The van der Waals surface area contributed by atoms with Crippen LogP contribution in [0.25, 0.3) is 33.1 Å². The van der Waals surface area contributed by atoms with E-state index in [-0.39, 0.29) is 6.04 Å². The fraction of sp³-hybridized carbons (Fsp3) is 0.0204. The van der Waals surface area contributed by atoms with Crippen LogP contribution in [0.3, 0.4) is 0 Å². The first-order valence-electron chi connectivity index (χ1n) is 17.8. The van der Waals surface area contributed by atoms with Gasteiger partial charge in [-0.15, -0.1) is 10.0 Å². The summed E-state index contributed by atoms with van der Waals surface area (Å²) in [5.41, 5.74) is 9.24.